The lowest BCUT2D eigenvalue weighted by atomic mass is 9.90. The summed E-state index contributed by atoms with van der Waals surface area (Å²) in [6.45, 7) is 7.40. The van der Waals surface area contributed by atoms with Gasteiger partial charge >= 0.3 is 0 Å². The van der Waals surface area contributed by atoms with E-state index in [9.17, 15) is 4.21 Å². The fourth-order valence-electron chi connectivity index (χ4n) is 1.79. The molecule has 0 bridgehead atoms. The van der Waals surface area contributed by atoms with Crippen LogP contribution in [0, 0.1) is 5.92 Å². The van der Waals surface area contributed by atoms with Crippen molar-refractivity contribution < 1.29 is 4.21 Å². The molecule has 1 fully saturated rings. The van der Waals surface area contributed by atoms with E-state index in [-0.39, 0.29) is 0 Å². The Balaban J connectivity index is 2.48. The minimum absolute atomic E-state index is 0.356. The number of nitrogens with one attached hydrogen (secondary N) is 2. The summed E-state index contributed by atoms with van der Waals surface area (Å²) in [6, 6.07) is 0.786. The summed E-state index contributed by atoms with van der Waals surface area (Å²) >= 11 is 0. The largest absolute Gasteiger partial charge is 0.313 e. The van der Waals surface area contributed by atoms with Gasteiger partial charge in [0, 0.05) is 17.8 Å². The average Bonchev–Trinajstić information content (AvgIpc) is 2.11. The molecule has 4 unspecified atom stereocenters. The van der Waals surface area contributed by atoms with E-state index < -0.39 is 11.0 Å². The van der Waals surface area contributed by atoms with E-state index in [1.807, 2.05) is 6.92 Å². The molecule has 78 valence electrons. The van der Waals surface area contributed by atoms with E-state index in [0.29, 0.717) is 23.8 Å². The van der Waals surface area contributed by atoms with Crippen molar-refractivity contribution in [2.24, 2.45) is 5.92 Å². The molecule has 1 saturated heterocycles. The Hall–Kier alpha value is 0.0700. The van der Waals surface area contributed by atoms with Gasteiger partial charge in [-0.15, -0.1) is 0 Å². The molecule has 1 aliphatic rings. The molecule has 0 spiro atoms. The normalized spacial score (nSPS) is 37.3. The molecule has 3 nitrogen and oxygen atoms in total. The van der Waals surface area contributed by atoms with Crippen LogP contribution >= 0.6 is 0 Å². The highest BCUT2D eigenvalue weighted by molar-refractivity contribution is 7.83. The third kappa shape index (κ3) is 3.04. The zero-order chi connectivity index (χ0) is 9.84. The lowest BCUT2D eigenvalue weighted by Gasteiger charge is -2.35. The maximum atomic E-state index is 11.3. The molecule has 1 aliphatic heterocycles. The second kappa shape index (κ2) is 5.08. The van der Waals surface area contributed by atoms with Crippen molar-refractivity contribution in [1.82, 2.24) is 10.0 Å². The first-order valence-electron chi connectivity index (χ1n) is 5.03. The average molecular weight is 204 g/mol. The van der Waals surface area contributed by atoms with Gasteiger partial charge in [0.15, 0.2) is 0 Å². The summed E-state index contributed by atoms with van der Waals surface area (Å²) in [7, 11) is -0.856. The van der Waals surface area contributed by atoms with Crippen LogP contribution in [0.4, 0.5) is 0 Å². The summed E-state index contributed by atoms with van der Waals surface area (Å²) in [4.78, 5) is 0. The predicted octanol–water partition coefficient (Wildman–Crippen LogP) is 0.646. The zero-order valence-corrected chi connectivity index (χ0v) is 9.49. The van der Waals surface area contributed by atoms with E-state index in [4.69, 9.17) is 0 Å². The van der Waals surface area contributed by atoms with Crippen LogP contribution in [0.15, 0.2) is 0 Å². The SMILES string of the molecule is CCS(=O)NC1C(C)CCNC1C. The topological polar surface area (TPSA) is 41.1 Å². The van der Waals surface area contributed by atoms with E-state index in [0.717, 1.165) is 6.54 Å². The third-order valence-corrected chi connectivity index (χ3v) is 3.81. The van der Waals surface area contributed by atoms with Crippen LogP contribution in [-0.2, 0) is 11.0 Å². The van der Waals surface area contributed by atoms with E-state index in [1.165, 1.54) is 6.42 Å². The Bertz CT molecular complexity index is 176. The molecule has 1 heterocycles. The Labute approximate surface area is 83.3 Å². The van der Waals surface area contributed by atoms with Gasteiger partial charge < -0.3 is 5.32 Å². The predicted molar refractivity (Wildman–Crippen MR) is 56.9 cm³/mol. The molecular weight excluding hydrogens is 184 g/mol. The number of hydrogen-bond donors (Lipinski definition) is 2. The standard InChI is InChI=1S/C9H20N2OS/c1-4-13(12)11-9-7(2)5-6-10-8(9)3/h7-11H,4-6H2,1-3H3. The second-order valence-corrected chi connectivity index (χ2v) is 5.29. The van der Waals surface area contributed by atoms with Crippen LogP contribution in [0.1, 0.15) is 27.2 Å². The van der Waals surface area contributed by atoms with Crippen molar-refractivity contribution in [1.29, 1.82) is 0 Å². The van der Waals surface area contributed by atoms with Gasteiger partial charge in [0.25, 0.3) is 0 Å². The van der Waals surface area contributed by atoms with Crippen LogP contribution in [0.25, 0.3) is 0 Å². The number of hydrogen-bond acceptors (Lipinski definition) is 2. The maximum absolute atomic E-state index is 11.3. The molecule has 4 atom stereocenters. The van der Waals surface area contributed by atoms with Gasteiger partial charge in [-0.3, -0.25) is 0 Å². The smallest absolute Gasteiger partial charge is 0.0915 e. The number of rotatable bonds is 3. The second-order valence-electron chi connectivity index (χ2n) is 3.79. The van der Waals surface area contributed by atoms with Crippen LogP contribution < -0.4 is 10.0 Å². The van der Waals surface area contributed by atoms with Gasteiger partial charge in [0.05, 0.1) is 11.0 Å². The lowest BCUT2D eigenvalue weighted by Crippen LogP contribution is -2.54. The fraction of sp³-hybridized carbons (Fsp3) is 1.00. The maximum Gasteiger partial charge on any atom is 0.0915 e. The fourth-order valence-corrected chi connectivity index (χ4v) is 2.70. The molecule has 0 aromatic rings. The molecule has 0 aromatic carbocycles. The minimum atomic E-state index is -0.856. The van der Waals surface area contributed by atoms with Gasteiger partial charge in [0.1, 0.15) is 0 Å². The first-order chi connectivity index (χ1) is 6.15. The Morgan fingerprint density at radius 2 is 2.23 bits per heavy atom. The van der Waals surface area contributed by atoms with Gasteiger partial charge in [-0.1, -0.05) is 13.8 Å². The number of piperidine rings is 1. The first-order valence-corrected chi connectivity index (χ1v) is 6.35. The van der Waals surface area contributed by atoms with E-state index in [1.54, 1.807) is 0 Å². The molecule has 0 saturated carbocycles. The molecule has 0 amide bonds. The Morgan fingerprint density at radius 1 is 1.54 bits per heavy atom. The van der Waals surface area contributed by atoms with Crippen molar-refractivity contribution >= 4 is 11.0 Å². The van der Waals surface area contributed by atoms with Crippen LogP contribution in [0.5, 0.6) is 0 Å². The van der Waals surface area contributed by atoms with Gasteiger partial charge in [-0.25, -0.2) is 8.93 Å². The molecule has 2 N–H and O–H groups in total. The van der Waals surface area contributed by atoms with Crippen molar-refractivity contribution in [3.63, 3.8) is 0 Å². The highest BCUT2D eigenvalue weighted by Crippen LogP contribution is 2.16. The summed E-state index contributed by atoms with van der Waals surface area (Å²) in [5.74, 6) is 1.31. The monoisotopic (exact) mass is 204 g/mol. The van der Waals surface area contributed by atoms with Gasteiger partial charge in [0.2, 0.25) is 0 Å². The molecule has 13 heavy (non-hydrogen) atoms. The van der Waals surface area contributed by atoms with Crippen LogP contribution in [-0.4, -0.2) is 28.6 Å². The van der Waals surface area contributed by atoms with Gasteiger partial charge in [-0.05, 0) is 25.8 Å². The highest BCUT2D eigenvalue weighted by Gasteiger charge is 2.27. The van der Waals surface area contributed by atoms with Crippen LogP contribution in [0.2, 0.25) is 0 Å². The molecule has 0 aliphatic carbocycles. The van der Waals surface area contributed by atoms with E-state index >= 15 is 0 Å². The molecule has 4 heteroatoms. The quantitative estimate of drug-likeness (QED) is 0.708. The summed E-state index contributed by atoms with van der Waals surface area (Å²) in [6.07, 6.45) is 1.17. The lowest BCUT2D eigenvalue weighted by molar-refractivity contribution is 0.270. The molecule has 0 aromatic heterocycles. The molecular formula is C9H20N2OS. The Kier molecular flexibility index (Phi) is 4.35. The van der Waals surface area contributed by atoms with Crippen molar-refractivity contribution in [2.45, 2.75) is 39.3 Å². The van der Waals surface area contributed by atoms with Crippen molar-refractivity contribution in [3.05, 3.63) is 0 Å². The third-order valence-electron chi connectivity index (χ3n) is 2.75. The molecule has 1 rings (SSSR count). The summed E-state index contributed by atoms with van der Waals surface area (Å²) < 4.78 is 14.5. The Morgan fingerprint density at radius 3 is 2.77 bits per heavy atom. The molecule has 0 radical (unpaired) electrons. The summed E-state index contributed by atoms with van der Waals surface area (Å²) in [5.41, 5.74) is 0. The van der Waals surface area contributed by atoms with Crippen molar-refractivity contribution in [3.8, 4) is 0 Å². The van der Waals surface area contributed by atoms with Crippen molar-refractivity contribution in [2.75, 3.05) is 12.3 Å². The first kappa shape index (κ1) is 11.1. The zero-order valence-electron chi connectivity index (χ0n) is 8.67. The van der Waals surface area contributed by atoms with Gasteiger partial charge in [-0.2, -0.15) is 0 Å². The minimum Gasteiger partial charge on any atom is -0.313 e. The summed E-state index contributed by atoms with van der Waals surface area (Å²) in [5, 5.41) is 3.39. The highest BCUT2D eigenvalue weighted by atomic mass is 32.2. The van der Waals surface area contributed by atoms with Crippen LogP contribution in [0.3, 0.4) is 0 Å². The van der Waals surface area contributed by atoms with E-state index in [2.05, 4.69) is 23.9 Å².